The van der Waals surface area contributed by atoms with Crippen molar-refractivity contribution in [3.8, 4) is 5.75 Å². The van der Waals surface area contributed by atoms with E-state index in [1.165, 1.54) is 12.3 Å². The zero-order valence-corrected chi connectivity index (χ0v) is 15.0. The minimum Gasteiger partial charge on any atom is -0.478 e. The number of carbonyl (C=O) groups excluding carboxylic acids is 1. The van der Waals surface area contributed by atoms with E-state index < -0.39 is 12.1 Å². The molecule has 8 heteroatoms. The summed E-state index contributed by atoms with van der Waals surface area (Å²) in [5, 5.41) is 9.93. The Hall–Kier alpha value is -3.68. The van der Waals surface area contributed by atoms with E-state index in [4.69, 9.17) is 9.84 Å². The Kier molecular flexibility index (Phi) is 4.76. The predicted molar refractivity (Wildman–Crippen MR) is 103 cm³/mol. The van der Waals surface area contributed by atoms with Crippen molar-refractivity contribution < 1.29 is 19.4 Å². The zero-order chi connectivity index (χ0) is 19.5. The second-order valence-corrected chi connectivity index (χ2v) is 6.41. The lowest BCUT2D eigenvalue weighted by Crippen LogP contribution is -2.49. The van der Waals surface area contributed by atoms with E-state index in [1.54, 1.807) is 29.3 Å². The highest BCUT2D eigenvalue weighted by molar-refractivity contribution is 5.87. The fourth-order valence-electron chi connectivity index (χ4n) is 3.09. The number of pyridine rings is 2. The van der Waals surface area contributed by atoms with Crippen molar-refractivity contribution in [2.45, 2.75) is 0 Å². The standard InChI is InChI=1S/C20H18N4O4/c25-19(26)15-4-6-18(22-13-15)23-8-10-24(11-9-23)20(27)28-16-5-3-14-2-1-7-21-17(14)12-16/h1-7,12-13H,8-11H2,(H,25,26). The van der Waals surface area contributed by atoms with Gasteiger partial charge >= 0.3 is 12.1 Å². The fourth-order valence-corrected chi connectivity index (χ4v) is 3.09. The number of ether oxygens (including phenoxy) is 1. The lowest BCUT2D eigenvalue weighted by Gasteiger charge is -2.34. The normalized spacial score (nSPS) is 14.1. The van der Waals surface area contributed by atoms with Crippen molar-refractivity contribution in [3.05, 3.63) is 60.4 Å². The molecule has 142 valence electrons. The van der Waals surface area contributed by atoms with E-state index in [9.17, 15) is 9.59 Å². The Balaban J connectivity index is 1.36. The minimum absolute atomic E-state index is 0.149. The van der Waals surface area contributed by atoms with Crippen molar-refractivity contribution in [3.63, 3.8) is 0 Å². The molecule has 1 fully saturated rings. The first kappa shape index (κ1) is 17.7. The Bertz CT molecular complexity index is 1010. The van der Waals surface area contributed by atoms with Gasteiger partial charge in [0.15, 0.2) is 0 Å². The van der Waals surface area contributed by atoms with Gasteiger partial charge in [0.25, 0.3) is 0 Å². The maximum atomic E-state index is 12.5. The molecule has 0 bridgehead atoms. The molecule has 3 aromatic rings. The van der Waals surface area contributed by atoms with E-state index in [0.717, 1.165) is 10.9 Å². The summed E-state index contributed by atoms with van der Waals surface area (Å²) in [5.74, 6) is 0.152. The van der Waals surface area contributed by atoms with Gasteiger partial charge in [-0.25, -0.2) is 14.6 Å². The van der Waals surface area contributed by atoms with Crippen LogP contribution in [0.4, 0.5) is 10.6 Å². The lowest BCUT2D eigenvalue weighted by atomic mass is 10.2. The van der Waals surface area contributed by atoms with E-state index >= 15 is 0 Å². The monoisotopic (exact) mass is 378 g/mol. The third kappa shape index (κ3) is 3.71. The average Bonchev–Trinajstić information content (AvgIpc) is 2.74. The van der Waals surface area contributed by atoms with Crippen LogP contribution in [0.3, 0.4) is 0 Å². The number of carbonyl (C=O) groups is 2. The van der Waals surface area contributed by atoms with Gasteiger partial charge in [-0.05, 0) is 30.3 Å². The molecule has 0 unspecified atom stereocenters. The molecule has 8 nitrogen and oxygen atoms in total. The Morgan fingerprint density at radius 1 is 1.00 bits per heavy atom. The minimum atomic E-state index is -1.00. The summed E-state index contributed by atoms with van der Waals surface area (Å²) in [6, 6.07) is 12.4. The van der Waals surface area contributed by atoms with Gasteiger partial charge in [0.05, 0.1) is 11.1 Å². The maximum absolute atomic E-state index is 12.5. The quantitative estimate of drug-likeness (QED) is 0.748. The molecule has 0 saturated carbocycles. The molecule has 1 aliphatic rings. The summed E-state index contributed by atoms with van der Waals surface area (Å²) in [6.07, 6.45) is 2.64. The van der Waals surface area contributed by atoms with Crippen LogP contribution >= 0.6 is 0 Å². The number of fused-ring (bicyclic) bond motifs is 1. The SMILES string of the molecule is O=C(O)c1ccc(N2CCN(C(=O)Oc3ccc4cccnc4c3)CC2)nc1. The zero-order valence-electron chi connectivity index (χ0n) is 15.0. The number of benzene rings is 1. The molecule has 2 aromatic heterocycles. The smallest absolute Gasteiger partial charge is 0.415 e. The van der Waals surface area contributed by atoms with Gasteiger partial charge in [0.2, 0.25) is 0 Å². The molecule has 0 radical (unpaired) electrons. The van der Waals surface area contributed by atoms with E-state index in [0.29, 0.717) is 37.7 Å². The van der Waals surface area contributed by atoms with Crippen molar-refractivity contribution >= 4 is 28.8 Å². The molecule has 1 aliphatic heterocycles. The Morgan fingerprint density at radius 2 is 1.82 bits per heavy atom. The van der Waals surface area contributed by atoms with Crippen LogP contribution in [0.1, 0.15) is 10.4 Å². The summed E-state index contributed by atoms with van der Waals surface area (Å²) in [4.78, 5) is 35.5. The average molecular weight is 378 g/mol. The van der Waals surface area contributed by atoms with Crippen LogP contribution in [-0.4, -0.2) is 58.2 Å². The van der Waals surface area contributed by atoms with Crippen LogP contribution < -0.4 is 9.64 Å². The second-order valence-electron chi connectivity index (χ2n) is 6.41. The van der Waals surface area contributed by atoms with Crippen molar-refractivity contribution in [2.24, 2.45) is 0 Å². The number of piperazine rings is 1. The first-order valence-electron chi connectivity index (χ1n) is 8.86. The summed E-state index contributed by atoms with van der Waals surface area (Å²) in [5.41, 5.74) is 0.921. The molecule has 1 amide bonds. The number of nitrogens with zero attached hydrogens (tertiary/aromatic N) is 4. The van der Waals surface area contributed by atoms with Crippen LogP contribution in [0.5, 0.6) is 5.75 Å². The lowest BCUT2D eigenvalue weighted by molar-refractivity contribution is 0.0696. The Morgan fingerprint density at radius 3 is 2.54 bits per heavy atom. The third-order valence-electron chi connectivity index (χ3n) is 4.64. The van der Waals surface area contributed by atoms with E-state index in [-0.39, 0.29) is 5.56 Å². The highest BCUT2D eigenvalue weighted by Gasteiger charge is 2.23. The largest absolute Gasteiger partial charge is 0.478 e. The number of hydrogen-bond donors (Lipinski definition) is 1. The molecule has 3 heterocycles. The molecule has 1 N–H and O–H groups in total. The number of rotatable bonds is 3. The molecule has 0 spiro atoms. The first-order valence-corrected chi connectivity index (χ1v) is 8.86. The number of carboxylic acid groups (broad SMARTS) is 1. The molecule has 1 saturated heterocycles. The molecule has 0 atom stereocenters. The number of amides is 1. The predicted octanol–water partition coefficient (Wildman–Crippen LogP) is 2.65. The van der Waals surface area contributed by atoms with Crippen LogP contribution in [0.2, 0.25) is 0 Å². The van der Waals surface area contributed by atoms with Crippen LogP contribution in [-0.2, 0) is 0 Å². The van der Waals surface area contributed by atoms with Crippen LogP contribution in [0, 0.1) is 0 Å². The van der Waals surface area contributed by atoms with Crippen molar-refractivity contribution in [1.29, 1.82) is 0 Å². The third-order valence-corrected chi connectivity index (χ3v) is 4.64. The summed E-state index contributed by atoms with van der Waals surface area (Å²) >= 11 is 0. The number of anilines is 1. The molecular weight excluding hydrogens is 360 g/mol. The molecule has 28 heavy (non-hydrogen) atoms. The number of carboxylic acids is 1. The highest BCUT2D eigenvalue weighted by Crippen LogP contribution is 2.20. The molecule has 0 aliphatic carbocycles. The van der Waals surface area contributed by atoms with Gasteiger partial charge in [-0.3, -0.25) is 4.98 Å². The summed E-state index contributed by atoms with van der Waals surface area (Å²) in [6.45, 7) is 2.17. The van der Waals surface area contributed by atoms with Gasteiger partial charge in [0, 0.05) is 50.0 Å². The van der Waals surface area contributed by atoms with Gasteiger partial charge < -0.3 is 19.6 Å². The van der Waals surface area contributed by atoms with Gasteiger partial charge in [-0.1, -0.05) is 6.07 Å². The van der Waals surface area contributed by atoms with E-state index in [2.05, 4.69) is 9.97 Å². The number of aromatic nitrogens is 2. The maximum Gasteiger partial charge on any atom is 0.415 e. The van der Waals surface area contributed by atoms with Crippen LogP contribution in [0.25, 0.3) is 10.9 Å². The second kappa shape index (κ2) is 7.51. The summed E-state index contributed by atoms with van der Waals surface area (Å²) in [7, 11) is 0. The topological polar surface area (TPSA) is 95.9 Å². The van der Waals surface area contributed by atoms with Crippen molar-refractivity contribution in [2.75, 3.05) is 31.1 Å². The van der Waals surface area contributed by atoms with E-state index in [1.807, 2.05) is 23.1 Å². The fraction of sp³-hybridized carbons (Fsp3) is 0.200. The Labute approximate surface area is 161 Å². The number of hydrogen-bond acceptors (Lipinski definition) is 6. The number of aromatic carboxylic acids is 1. The summed E-state index contributed by atoms with van der Waals surface area (Å²) < 4.78 is 5.49. The highest BCUT2D eigenvalue weighted by atomic mass is 16.6. The molecule has 4 rings (SSSR count). The van der Waals surface area contributed by atoms with Gasteiger partial charge in [-0.2, -0.15) is 0 Å². The van der Waals surface area contributed by atoms with Crippen LogP contribution in [0.15, 0.2) is 54.9 Å². The molecule has 1 aromatic carbocycles. The molecular formula is C20H18N4O4. The van der Waals surface area contributed by atoms with Gasteiger partial charge in [-0.15, -0.1) is 0 Å². The first-order chi connectivity index (χ1) is 13.6. The van der Waals surface area contributed by atoms with Crippen molar-refractivity contribution in [1.82, 2.24) is 14.9 Å². The van der Waals surface area contributed by atoms with Gasteiger partial charge in [0.1, 0.15) is 11.6 Å².